The highest BCUT2D eigenvalue weighted by Gasteiger charge is 2.11. The van der Waals surface area contributed by atoms with E-state index in [2.05, 4.69) is 6.92 Å². The average molecular weight is 276 g/mol. The average Bonchev–Trinajstić information content (AvgIpc) is 2.41. The molecule has 0 aliphatic rings. The van der Waals surface area contributed by atoms with Crippen molar-refractivity contribution in [1.29, 1.82) is 0 Å². The number of para-hydroxylation sites is 1. The van der Waals surface area contributed by atoms with Crippen molar-refractivity contribution in [2.75, 3.05) is 0 Å². The van der Waals surface area contributed by atoms with Crippen molar-refractivity contribution in [1.82, 2.24) is 0 Å². The lowest BCUT2D eigenvalue weighted by Crippen LogP contribution is -2.09. The van der Waals surface area contributed by atoms with Gasteiger partial charge in [-0.25, -0.2) is 0 Å². The highest BCUT2D eigenvalue weighted by molar-refractivity contribution is 6.32. The smallest absolute Gasteiger partial charge is 0.146 e. The molecule has 2 aromatic carbocycles. The van der Waals surface area contributed by atoms with Crippen molar-refractivity contribution < 1.29 is 4.74 Å². The number of hydrogen-bond acceptors (Lipinski definition) is 2. The molecule has 0 heterocycles. The monoisotopic (exact) mass is 275 g/mol. The van der Waals surface area contributed by atoms with Crippen molar-refractivity contribution >= 4 is 11.6 Å². The summed E-state index contributed by atoms with van der Waals surface area (Å²) >= 11 is 6.19. The van der Waals surface area contributed by atoms with Crippen molar-refractivity contribution in [3.63, 3.8) is 0 Å². The summed E-state index contributed by atoms with van der Waals surface area (Å²) in [5.74, 6) is 1.42. The lowest BCUT2D eigenvalue weighted by Gasteiger charge is -2.16. The molecular formula is C16H18ClNO. The van der Waals surface area contributed by atoms with E-state index in [-0.39, 0.29) is 6.04 Å². The van der Waals surface area contributed by atoms with Gasteiger partial charge in [-0.1, -0.05) is 42.8 Å². The Hall–Kier alpha value is -1.51. The highest BCUT2D eigenvalue weighted by Crippen LogP contribution is 2.34. The van der Waals surface area contributed by atoms with Crippen LogP contribution in [0.1, 0.15) is 30.5 Å². The normalized spacial score (nSPS) is 12.2. The molecule has 0 radical (unpaired) electrons. The summed E-state index contributed by atoms with van der Waals surface area (Å²) < 4.78 is 5.91. The third kappa shape index (κ3) is 3.28. The van der Waals surface area contributed by atoms with Crippen LogP contribution in [0.2, 0.25) is 5.02 Å². The Morgan fingerprint density at radius 3 is 2.58 bits per heavy atom. The van der Waals surface area contributed by atoms with Gasteiger partial charge >= 0.3 is 0 Å². The maximum Gasteiger partial charge on any atom is 0.146 e. The van der Waals surface area contributed by atoms with Crippen LogP contribution in [0.25, 0.3) is 0 Å². The van der Waals surface area contributed by atoms with Crippen LogP contribution in [0.3, 0.4) is 0 Å². The molecule has 0 aliphatic carbocycles. The van der Waals surface area contributed by atoms with Gasteiger partial charge in [0.15, 0.2) is 0 Å². The summed E-state index contributed by atoms with van der Waals surface area (Å²) in [6.45, 7) is 4.05. The van der Waals surface area contributed by atoms with E-state index in [1.165, 1.54) is 0 Å². The molecule has 0 saturated carbocycles. The van der Waals surface area contributed by atoms with Gasteiger partial charge in [-0.05, 0) is 37.1 Å². The summed E-state index contributed by atoms with van der Waals surface area (Å²) in [7, 11) is 0. The zero-order valence-corrected chi connectivity index (χ0v) is 11.9. The van der Waals surface area contributed by atoms with E-state index in [1.54, 1.807) is 0 Å². The van der Waals surface area contributed by atoms with Gasteiger partial charge in [-0.15, -0.1) is 0 Å². The Morgan fingerprint density at radius 2 is 1.89 bits per heavy atom. The minimum absolute atomic E-state index is 0.0274. The fourth-order valence-corrected chi connectivity index (χ4v) is 2.18. The predicted octanol–water partition coefficient (Wildman–Crippen LogP) is 4.85. The van der Waals surface area contributed by atoms with Crippen molar-refractivity contribution in [3.05, 3.63) is 58.6 Å². The molecule has 0 fully saturated rings. The first-order valence-corrected chi connectivity index (χ1v) is 6.78. The molecule has 0 saturated heterocycles. The third-order valence-electron chi connectivity index (χ3n) is 3.07. The van der Waals surface area contributed by atoms with Gasteiger partial charge in [0.25, 0.3) is 0 Å². The van der Waals surface area contributed by atoms with Gasteiger partial charge in [-0.3, -0.25) is 0 Å². The Balaban J connectivity index is 2.33. The molecule has 2 rings (SSSR count). The number of ether oxygens (including phenoxy) is 1. The molecule has 0 aromatic heterocycles. The van der Waals surface area contributed by atoms with E-state index in [4.69, 9.17) is 22.1 Å². The van der Waals surface area contributed by atoms with Crippen LogP contribution in [-0.4, -0.2) is 0 Å². The van der Waals surface area contributed by atoms with Crippen LogP contribution < -0.4 is 10.5 Å². The first kappa shape index (κ1) is 13.9. The minimum Gasteiger partial charge on any atom is -0.455 e. The minimum atomic E-state index is -0.0274. The number of rotatable bonds is 4. The van der Waals surface area contributed by atoms with Crippen molar-refractivity contribution in [2.24, 2.45) is 5.73 Å². The SMILES string of the molecule is CCC(N)c1ccccc1Oc1ccc(C)cc1Cl. The van der Waals surface area contributed by atoms with Gasteiger partial charge in [0.2, 0.25) is 0 Å². The van der Waals surface area contributed by atoms with Crippen LogP contribution >= 0.6 is 11.6 Å². The first-order valence-electron chi connectivity index (χ1n) is 6.40. The highest BCUT2D eigenvalue weighted by atomic mass is 35.5. The lowest BCUT2D eigenvalue weighted by atomic mass is 10.0. The second kappa shape index (κ2) is 6.09. The van der Waals surface area contributed by atoms with E-state index in [9.17, 15) is 0 Å². The number of benzene rings is 2. The summed E-state index contributed by atoms with van der Waals surface area (Å²) in [4.78, 5) is 0. The second-order valence-corrected chi connectivity index (χ2v) is 5.00. The molecule has 3 heteroatoms. The molecule has 0 aliphatic heterocycles. The van der Waals surface area contributed by atoms with Gasteiger partial charge < -0.3 is 10.5 Å². The van der Waals surface area contributed by atoms with Crippen LogP contribution in [0.15, 0.2) is 42.5 Å². The van der Waals surface area contributed by atoms with Gasteiger partial charge in [-0.2, -0.15) is 0 Å². The van der Waals surface area contributed by atoms with E-state index < -0.39 is 0 Å². The van der Waals surface area contributed by atoms with Crippen LogP contribution in [-0.2, 0) is 0 Å². The van der Waals surface area contributed by atoms with Gasteiger partial charge in [0, 0.05) is 11.6 Å². The second-order valence-electron chi connectivity index (χ2n) is 4.59. The molecule has 2 aromatic rings. The number of aryl methyl sites for hydroxylation is 1. The van der Waals surface area contributed by atoms with Gasteiger partial charge in [0.1, 0.15) is 11.5 Å². The van der Waals surface area contributed by atoms with Crippen LogP contribution in [0.5, 0.6) is 11.5 Å². The summed E-state index contributed by atoms with van der Waals surface area (Å²) in [6.07, 6.45) is 0.863. The largest absolute Gasteiger partial charge is 0.455 e. The Bertz CT molecular complexity index is 568. The Morgan fingerprint density at radius 1 is 1.16 bits per heavy atom. The van der Waals surface area contributed by atoms with Crippen LogP contribution in [0.4, 0.5) is 0 Å². The van der Waals surface area contributed by atoms with E-state index in [0.29, 0.717) is 10.8 Å². The molecule has 2 N–H and O–H groups in total. The summed E-state index contributed by atoms with van der Waals surface area (Å²) in [5, 5.41) is 0.611. The summed E-state index contributed by atoms with van der Waals surface area (Å²) in [5.41, 5.74) is 8.21. The molecule has 0 bridgehead atoms. The van der Waals surface area contributed by atoms with Crippen LogP contribution in [0, 0.1) is 6.92 Å². The maximum atomic E-state index is 6.19. The van der Waals surface area contributed by atoms with Gasteiger partial charge in [0.05, 0.1) is 5.02 Å². The quantitative estimate of drug-likeness (QED) is 0.866. The summed E-state index contributed by atoms with van der Waals surface area (Å²) in [6, 6.07) is 13.5. The third-order valence-corrected chi connectivity index (χ3v) is 3.36. The molecule has 0 amide bonds. The van der Waals surface area contributed by atoms with E-state index in [0.717, 1.165) is 23.3 Å². The fraction of sp³-hybridized carbons (Fsp3) is 0.250. The topological polar surface area (TPSA) is 35.2 Å². The molecular weight excluding hydrogens is 258 g/mol. The van der Waals surface area contributed by atoms with E-state index in [1.807, 2.05) is 49.4 Å². The fourth-order valence-electron chi connectivity index (χ4n) is 1.91. The zero-order chi connectivity index (χ0) is 13.8. The Labute approximate surface area is 119 Å². The molecule has 2 nitrogen and oxygen atoms in total. The number of nitrogens with two attached hydrogens (primary N) is 1. The van der Waals surface area contributed by atoms with Crippen molar-refractivity contribution in [2.45, 2.75) is 26.3 Å². The van der Waals surface area contributed by atoms with E-state index >= 15 is 0 Å². The first-order chi connectivity index (χ1) is 9.11. The molecule has 100 valence electrons. The number of hydrogen-bond donors (Lipinski definition) is 1. The molecule has 1 unspecified atom stereocenters. The Kier molecular flexibility index (Phi) is 4.46. The predicted molar refractivity (Wildman–Crippen MR) is 79.9 cm³/mol. The van der Waals surface area contributed by atoms with Crippen molar-refractivity contribution in [3.8, 4) is 11.5 Å². The lowest BCUT2D eigenvalue weighted by molar-refractivity contribution is 0.469. The molecule has 1 atom stereocenters. The maximum absolute atomic E-state index is 6.19. The molecule has 0 spiro atoms. The molecule has 19 heavy (non-hydrogen) atoms. The zero-order valence-electron chi connectivity index (χ0n) is 11.2. The number of halogens is 1. The standard InChI is InChI=1S/C16H18ClNO/c1-3-14(18)12-6-4-5-7-15(12)19-16-9-8-11(2)10-13(16)17/h4-10,14H,3,18H2,1-2H3.